The predicted octanol–water partition coefficient (Wildman–Crippen LogP) is 1.58. The lowest BCUT2D eigenvalue weighted by molar-refractivity contribution is -0.141. The van der Waals surface area contributed by atoms with Gasteiger partial charge in [0.2, 0.25) is 5.91 Å². The normalized spacial score (nSPS) is 17.4. The van der Waals surface area contributed by atoms with E-state index in [1.54, 1.807) is 24.3 Å². The van der Waals surface area contributed by atoms with Gasteiger partial charge in [-0.25, -0.2) is 4.79 Å². The van der Waals surface area contributed by atoms with Crippen molar-refractivity contribution in [3.8, 4) is 0 Å². The zero-order chi connectivity index (χ0) is 15.4. The van der Waals surface area contributed by atoms with E-state index in [1.807, 2.05) is 0 Å². The summed E-state index contributed by atoms with van der Waals surface area (Å²) in [4.78, 5) is 35.2. The van der Waals surface area contributed by atoms with Crippen molar-refractivity contribution >= 4 is 29.3 Å². The summed E-state index contributed by atoms with van der Waals surface area (Å²) in [6.07, 6.45) is 0.476. The minimum atomic E-state index is -0.870. The first-order chi connectivity index (χ1) is 9.95. The lowest BCUT2D eigenvalue weighted by Gasteiger charge is -2.16. The van der Waals surface area contributed by atoms with Crippen LogP contribution in [-0.4, -0.2) is 41.0 Å². The van der Waals surface area contributed by atoms with Gasteiger partial charge in [0.25, 0.3) is 0 Å². The molecule has 3 N–H and O–H groups in total. The number of rotatable bonds is 3. The Kier molecular flexibility index (Phi) is 4.42. The van der Waals surface area contributed by atoms with Gasteiger partial charge in [0.05, 0.1) is 5.92 Å². The molecule has 1 saturated heterocycles. The Morgan fingerprint density at radius 1 is 1.14 bits per heavy atom. The number of aliphatic carboxylic acids is 1. The number of nitrogens with one attached hydrogen (secondary N) is 2. The maximum Gasteiger partial charge on any atom is 0.321 e. The van der Waals surface area contributed by atoms with Crippen molar-refractivity contribution in [1.29, 1.82) is 0 Å². The highest BCUT2D eigenvalue weighted by Crippen LogP contribution is 2.19. The number of carboxylic acids is 1. The first kappa shape index (κ1) is 14.8. The minimum Gasteiger partial charge on any atom is -0.481 e. The van der Waals surface area contributed by atoms with Crippen LogP contribution in [0.1, 0.15) is 13.3 Å². The van der Waals surface area contributed by atoms with Crippen LogP contribution in [0.5, 0.6) is 0 Å². The number of urea groups is 1. The topological polar surface area (TPSA) is 98.7 Å². The van der Waals surface area contributed by atoms with Gasteiger partial charge in [-0.05, 0) is 30.7 Å². The van der Waals surface area contributed by atoms with Crippen LogP contribution >= 0.6 is 0 Å². The molecule has 0 spiro atoms. The van der Waals surface area contributed by atoms with E-state index in [2.05, 4.69) is 10.6 Å². The molecule has 1 atom stereocenters. The molecule has 0 bridgehead atoms. The highest BCUT2D eigenvalue weighted by molar-refractivity contribution is 5.91. The van der Waals surface area contributed by atoms with Crippen molar-refractivity contribution in [2.24, 2.45) is 5.92 Å². The summed E-state index contributed by atoms with van der Waals surface area (Å²) in [6, 6.07) is 6.40. The van der Waals surface area contributed by atoms with Crippen LogP contribution in [0.4, 0.5) is 16.2 Å². The van der Waals surface area contributed by atoms with Crippen molar-refractivity contribution < 1.29 is 19.5 Å². The fourth-order valence-electron chi connectivity index (χ4n) is 2.19. The molecule has 1 aliphatic heterocycles. The van der Waals surface area contributed by atoms with Crippen LogP contribution in [0.3, 0.4) is 0 Å². The summed E-state index contributed by atoms with van der Waals surface area (Å²) in [5, 5.41) is 14.2. The third-order valence-electron chi connectivity index (χ3n) is 3.28. The maximum absolute atomic E-state index is 12.0. The molecule has 1 aromatic carbocycles. The first-order valence-electron chi connectivity index (χ1n) is 6.62. The number of carboxylic acid groups (broad SMARTS) is 1. The number of likely N-dealkylation sites (tertiary alicyclic amines) is 1. The van der Waals surface area contributed by atoms with E-state index in [4.69, 9.17) is 5.11 Å². The third-order valence-corrected chi connectivity index (χ3v) is 3.28. The largest absolute Gasteiger partial charge is 0.481 e. The zero-order valence-corrected chi connectivity index (χ0v) is 11.6. The number of nitrogens with zero attached hydrogens (tertiary/aromatic N) is 1. The van der Waals surface area contributed by atoms with Crippen LogP contribution in [0.25, 0.3) is 0 Å². The molecule has 1 aliphatic rings. The molecule has 0 aromatic heterocycles. The van der Waals surface area contributed by atoms with Crippen LogP contribution in [0.15, 0.2) is 24.3 Å². The summed E-state index contributed by atoms with van der Waals surface area (Å²) >= 11 is 0. The van der Waals surface area contributed by atoms with Crippen molar-refractivity contribution in [3.63, 3.8) is 0 Å². The molecule has 1 fully saturated rings. The molecule has 7 nitrogen and oxygen atoms in total. The highest BCUT2D eigenvalue weighted by Gasteiger charge is 2.30. The van der Waals surface area contributed by atoms with E-state index in [1.165, 1.54) is 11.8 Å². The number of carbonyl (C=O) groups excluding carboxylic acids is 2. The Hall–Kier alpha value is -2.57. The molecule has 1 unspecified atom stereocenters. The van der Waals surface area contributed by atoms with Gasteiger partial charge in [-0.1, -0.05) is 0 Å². The standard InChI is InChI=1S/C14H17N3O4/c1-9(18)15-11-2-4-12(5-3-11)16-14(21)17-7-6-10(8-17)13(19)20/h2-5,10H,6-8H2,1H3,(H,15,18)(H,16,21)(H,19,20). The second-order valence-corrected chi connectivity index (χ2v) is 4.96. The monoisotopic (exact) mass is 291 g/mol. The number of anilines is 2. The number of carbonyl (C=O) groups is 3. The SMILES string of the molecule is CC(=O)Nc1ccc(NC(=O)N2CCC(C(=O)O)C2)cc1. The molecule has 3 amide bonds. The number of amides is 3. The van der Waals surface area contributed by atoms with Gasteiger partial charge in [0.15, 0.2) is 0 Å². The van der Waals surface area contributed by atoms with Gasteiger partial charge in [-0.2, -0.15) is 0 Å². The van der Waals surface area contributed by atoms with E-state index in [0.717, 1.165) is 0 Å². The summed E-state index contributed by atoms with van der Waals surface area (Å²) in [5.41, 5.74) is 1.24. The molecular weight excluding hydrogens is 274 g/mol. The second kappa shape index (κ2) is 6.25. The number of hydrogen-bond acceptors (Lipinski definition) is 3. The smallest absolute Gasteiger partial charge is 0.321 e. The van der Waals surface area contributed by atoms with Gasteiger partial charge >= 0.3 is 12.0 Å². The Bertz CT molecular complexity index is 556. The predicted molar refractivity (Wildman–Crippen MR) is 77.1 cm³/mol. The molecular formula is C14H17N3O4. The van der Waals surface area contributed by atoms with E-state index >= 15 is 0 Å². The summed E-state index contributed by atoms with van der Waals surface area (Å²) < 4.78 is 0. The fourth-order valence-corrected chi connectivity index (χ4v) is 2.19. The Morgan fingerprint density at radius 2 is 1.71 bits per heavy atom. The van der Waals surface area contributed by atoms with Gasteiger partial charge in [0.1, 0.15) is 0 Å². The van der Waals surface area contributed by atoms with Crippen molar-refractivity contribution in [2.75, 3.05) is 23.7 Å². The molecule has 21 heavy (non-hydrogen) atoms. The van der Waals surface area contributed by atoms with E-state index in [9.17, 15) is 14.4 Å². The molecule has 7 heteroatoms. The molecule has 112 valence electrons. The summed E-state index contributed by atoms with van der Waals surface area (Å²) in [6.45, 7) is 2.08. The number of hydrogen-bond donors (Lipinski definition) is 3. The van der Waals surface area contributed by atoms with Crippen LogP contribution in [-0.2, 0) is 9.59 Å². The zero-order valence-electron chi connectivity index (χ0n) is 11.6. The van der Waals surface area contributed by atoms with Crippen LogP contribution < -0.4 is 10.6 Å². The Morgan fingerprint density at radius 3 is 2.19 bits per heavy atom. The molecule has 2 rings (SSSR count). The van der Waals surface area contributed by atoms with E-state index in [0.29, 0.717) is 24.3 Å². The number of benzene rings is 1. The average Bonchev–Trinajstić information content (AvgIpc) is 2.90. The van der Waals surface area contributed by atoms with E-state index in [-0.39, 0.29) is 18.5 Å². The van der Waals surface area contributed by atoms with Crippen molar-refractivity contribution in [2.45, 2.75) is 13.3 Å². The van der Waals surface area contributed by atoms with Crippen molar-refractivity contribution in [3.05, 3.63) is 24.3 Å². The highest BCUT2D eigenvalue weighted by atomic mass is 16.4. The van der Waals surface area contributed by atoms with E-state index < -0.39 is 11.9 Å². The summed E-state index contributed by atoms with van der Waals surface area (Å²) in [7, 11) is 0. The van der Waals surface area contributed by atoms with Gasteiger partial charge in [-0.3, -0.25) is 9.59 Å². The minimum absolute atomic E-state index is 0.163. The first-order valence-corrected chi connectivity index (χ1v) is 6.62. The lowest BCUT2D eigenvalue weighted by atomic mass is 10.1. The molecule has 0 radical (unpaired) electrons. The lowest BCUT2D eigenvalue weighted by Crippen LogP contribution is -2.33. The summed E-state index contributed by atoms with van der Waals surface area (Å²) in [5.74, 6) is -1.52. The van der Waals surface area contributed by atoms with Gasteiger partial charge in [-0.15, -0.1) is 0 Å². The van der Waals surface area contributed by atoms with Gasteiger partial charge < -0.3 is 20.6 Å². The van der Waals surface area contributed by atoms with Gasteiger partial charge in [0, 0.05) is 31.4 Å². The Balaban J connectivity index is 1.91. The molecule has 0 aliphatic carbocycles. The van der Waals surface area contributed by atoms with Crippen LogP contribution in [0.2, 0.25) is 0 Å². The van der Waals surface area contributed by atoms with Crippen molar-refractivity contribution in [1.82, 2.24) is 4.90 Å². The average molecular weight is 291 g/mol. The second-order valence-electron chi connectivity index (χ2n) is 4.96. The molecule has 1 heterocycles. The fraction of sp³-hybridized carbons (Fsp3) is 0.357. The quantitative estimate of drug-likeness (QED) is 0.787. The third kappa shape index (κ3) is 3.95. The maximum atomic E-state index is 12.0. The molecule has 1 aromatic rings. The Labute approximate surface area is 121 Å². The molecule has 0 saturated carbocycles. The van der Waals surface area contributed by atoms with Crippen LogP contribution in [0, 0.1) is 5.92 Å².